The first-order chi connectivity index (χ1) is 17.1. The lowest BCUT2D eigenvalue weighted by atomic mass is 10.1. The molecule has 10 heteroatoms. The van der Waals surface area contributed by atoms with Crippen LogP contribution in [0.3, 0.4) is 0 Å². The number of carbonyl (C=O) groups is 2. The van der Waals surface area contributed by atoms with Crippen LogP contribution in [0, 0.1) is 0 Å². The van der Waals surface area contributed by atoms with Crippen molar-refractivity contribution in [3.05, 3.63) is 87.5 Å². The Morgan fingerprint density at radius 1 is 0.857 bits per heavy atom. The van der Waals surface area contributed by atoms with Gasteiger partial charge in [-0.25, -0.2) is 5.43 Å². The monoisotopic (exact) mass is 535 g/mol. The number of fused-ring (bicyclic) bond motifs is 2. The third kappa shape index (κ3) is 5.12. The molecule has 2 amide bonds. The van der Waals surface area contributed by atoms with Gasteiger partial charge in [0, 0.05) is 15.6 Å². The van der Waals surface area contributed by atoms with Gasteiger partial charge in [-0.2, -0.15) is 5.10 Å². The summed E-state index contributed by atoms with van der Waals surface area (Å²) in [5.74, 6) is 1.32. The normalized spacial score (nSPS) is 13.7. The van der Waals surface area contributed by atoms with Gasteiger partial charge in [0.05, 0.1) is 6.21 Å². The van der Waals surface area contributed by atoms with Crippen LogP contribution in [0.25, 0.3) is 6.08 Å². The minimum absolute atomic E-state index is 0.000351. The Bertz CT molecular complexity index is 1360. The third-order valence-electron chi connectivity index (χ3n) is 5.10. The van der Waals surface area contributed by atoms with Crippen LogP contribution >= 0.6 is 15.9 Å². The Labute approximate surface area is 208 Å². The smallest absolute Gasteiger partial charge is 0.287 e. The summed E-state index contributed by atoms with van der Waals surface area (Å²) < 4.78 is 22.2. The number of amides is 2. The molecular formula is C25H18BrN3O6. The van der Waals surface area contributed by atoms with Crippen molar-refractivity contribution in [3.8, 4) is 23.0 Å². The molecule has 176 valence electrons. The van der Waals surface area contributed by atoms with Gasteiger partial charge < -0.3 is 24.3 Å². The number of carbonyl (C=O) groups excluding carboxylic acids is 2. The summed E-state index contributed by atoms with van der Waals surface area (Å²) in [5.41, 5.74) is 4.17. The van der Waals surface area contributed by atoms with Crippen molar-refractivity contribution in [3.63, 3.8) is 0 Å². The van der Waals surface area contributed by atoms with Crippen LogP contribution in [0.15, 0.2) is 75.9 Å². The molecule has 0 aromatic heterocycles. The van der Waals surface area contributed by atoms with Gasteiger partial charge in [-0.05, 0) is 64.0 Å². The largest absolute Gasteiger partial charge is 0.454 e. The number of rotatable bonds is 6. The fourth-order valence-corrected chi connectivity index (χ4v) is 3.79. The van der Waals surface area contributed by atoms with E-state index in [1.807, 2.05) is 0 Å². The van der Waals surface area contributed by atoms with Crippen LogP contribution in [0.1, 0.15) is 21.5 Å². The molecule has 5 rings (SSSR count). The standard InChI is InChI=1S/C25H18BrN3O6/c26-18-11-23-22(34-14-35-23)10-17(18)12-27-29-25(31)19(28-24(30)16-4-2-1-3-5-16)8-15-6-7-20-21(9-15)33-13-32-20/h1-12H,13-14H2,(H,28,30)(H,29,31). The number of nitrogens with one attached hydrogen (secondary N) is 2. The molecule has 0 saturated carbocycles. The van der Waals surface area contributed by atoms with Gasteiger partial charge in [-0.1, -0.05) is 24.3 Å². The predicted molar refractivity (Wildman–Crippen MR) is 130 cm³/mol. The number of hydrogen-bond donors (Lipinski definition) is 2. The molecule has 0 atom stereocenters. The van der Waals surface area contributed by atoms with E-state index in [9.17, 15) is 9.59 Å². The van der Waals surface area contributed by atoms with E-state index in [0.29, 0.717) is 44.2 Å². The van der Waals surface area contributed by atoms with E-state index in [-0.39, 0.29) is 19.3 Å². The second-order valence-electron chi connectivity index (χ2n) is 7.42. The van der Waals surface area contributed by atoms with E-state index >= 15 is 0 Å². The molecule has 3 aromatic carbocycles. The Morgan fingerprint density at radius 2 is 1.54 bits per heavy atom. The zero-order chi connectivity index (χ0) is 24.2. The van der Waals surface area contributed by atoms with Gasteiger partial charge in [0.1, 0.15) is 5.70 Å². The van der Waals surface area contributed by atoms with Gasteiger partial charge in [0.15, 0.2) is 23.0 Å². The van der Waals surface area contributed by atoms with Crippen LogP contribution in [-0.2, 0) is 4.79 Å². The first kappa shape index (κ1) is 22.5. The van der Waals surface area contributed by atoms with Crippen molar-refractivity contribution in [1.29, 1.82) is 0 Å². The molecule has 0 unspecified atom stereocenters. The topological polar surface area (TPSA) is 107 Å². The highest BCUT2D eigenvalue weighted by molar-refractivity contribution is 9.10. The first-order valence-corrected chi connectivity index (χ1v) is 11.3. The number of nitrogens with zero attached hydrogens (tertiary/aromatic N) is 1. The fraction of sp³-hybridized carbons (Fsp3) is 0.0800. The molecule has 0 fully saturated rings. The van der Waals surface area contributed by atoms with Crippen molar-refractivity contribution < 1.29 is 28.5 Å². The zero-order valence-electron chi connectivity index (χ0n) is 18.1. The highest BCUT2D eigenvalue weighted by Gasteiger charge is 2.18. The molecule has 0 saturated heterocycles. The maximum absolute atomic E-state index is 13.0. The second kappa shape index (κ2) is 9.90. The molecule has 2 aliphatic rings. The minimum atomic E-state index is -0.611. The summed E-state index contributed by atoms with van der Waals surface area (Å²) >= 11 is 3.44. The molecule has 9 nitrogen and oxygen atoms in total. The van der Waals surface area contributed by atoms with Crippen LogP contribution in [0.5, 0.6) is 23.0 Å². The second-order valence-corrected chi connectivity index (χ2v) is 8.27. The molecule has 0 bridgehead atoms. The highest BCUT2D eigenvalue weighted by Crippen LogP contribution is 2.36. The van der Waals surface area contributed by atoms with Crippen LogP contribution in [0.2, 0.25) is 0 Å². The van der Waals surface area contributed by atoms with E-state index in [4.69, 9.17) is 18.9 Å². The number of hydrazone groups is 1. The van der Waals surface area contributed by atoms with Crippen LogP contribution in [0.4, 0.5) is 0 Å². The van der Waals surface area contributed by atoms with Gasteiger partial charge in [-0.3, -0.25) is 9.59 Å². The van der Waals surface area contributed by atoms with Crippen molar-refractivity contribution >= 4 is 40.0 Å². The van der Waals surface area contributed by atoms with Gasteiger partial charge in [0.2, 0.25) is 13.6 Å². The molecule has 3 aromatic rings. The summed E-state index contributed by atoms with van der Waals surface area (Å²) in [5, 5.41) is 6.70. The van der Waals surface area contributed by atoms with E-state index in [1.165, 1.54) is 12.3 Å². The highest BCUT2D eigenvalue weighted by atomic mass is 79.9. The van der Waals surface area contributed by atoms with E-state index in [2.05, 4.69) is 31.8 Å². The summed E-state index contributed by atoms with van der Waals surface area (Å²) in [4.78, 5) is 25.7. The van der Waals surface area contributed by atoms with Crippen LogP contribution in [-0.4, -0.2) is 31.6 Å². The molecule has 35 heavy (non-hydrogen) atoms. The van der Waals surface area contributed by atoms with E-state index < -0.39 is 11.8 Å². The van der Waals surface area contributed by atoms with Crippen molar-refractivity contribution in [2.75, 3.05) is 13.6 Å². The minimum Gasteiger partial charge on any atom is -0.454 e. The fourth-order valence-electron chi connectivity index (χ4n) is 3.36. The molecular weight excluding hydrogens is 518 g/mol. The maximum Gasteiger partial charge on any atom is 0.287 e. The summed E-state index contributed by atoms with van der Waals surface area (Å²) in [6.45, 7) is 0.277. The Hall–Kier alpha value is -4.31. The zero-order valence-corrected chi connectivity index (χ0v) is 19.7. The summed E-state index contributed by atoms with van der Waals surface area (Å²) in [7, 11) is 0. The van der Waals surface area contributed by atoms with Crippen molar-refractivity contribution in [1.82, 2.24) is 10.7 Å². The lowest BCUT2D eigenvalue weighted by Crippen LogP contribution is -2.32. The van der Waals surface area contributed by atoms with E-state index in [0.717, 1.165) is 0 Å². The molecule has 0 spiro atoms. The number of ether oxygens (including phenoxy) is 4. The van der Waals surface area contributed by atoms with E-state index in [1.54, 1.807) is 60.7 Å². The van der Waals surface area contributed by atoms with Gasteiger partial charge in [-0.15, -0.1) is 0 Å². The molecule has 0 radical (unpaired) electrons. The summed E-state index contributed by atoms with van der Waals surface area (Å²) in [6, 6.07) is 17.3. The third-order valence-corrected chi connectivity index (χ3v) is 5.78. The molecule has 2 N–H and O–H groups in total. The van der Waals surface area contributed by atoms with Crippen LogP contribution < -0.4 is 29.7 Å². The SMILES string of the molecule is O=C(NN=Cc1cc2c(cc1Br)OCO2)C(=Cc1ccc2c(c1)OCO2)NC(=O)c1ccccc1. The lowest BCUT2D eigenvalue weighted by molar-refractivity contribution is -0.117. The molecule has 0 aliphatic carbocycles. The summed E-state index contributed by atoms with van der Waals surface area (Å²) in [6.07, 6.45) is 2.99. The molecule has 2 heterocycles. The quantitative estimate of drug-likeness (QED) is 0.282. The van der Waals surface area contributed by atoms with Gasteiger partial charge in [0.25, 0.3) is 11.8 Å². The Balaban J connectivity index is 1.37. The van der Waals surface area contributed by atoms with Gasteiger partial charge >= 0.3 is 0 Å². The Kier molecular flexibility index (Phi) is 6.36. The maximum atomic E-state index is 13.0. The predicted octanol–water partition coefficient (Wildman–Crippen LogP) is 3.83. The average Bonchev–Trinajstić information content (AvgIpc) is 3.52. The number of hydrogen-bond acceptors (Lipinski definition) is 7. The lowest BCUT2D eigenvalue weighted by Gasteiger charge is -2.09. The average molecular weight is 536 g/mol. The number of benzene rings is 3. The Morgan fingerprint density at radius 3 is 2.31 bits per heavy atom. The van der Waals surface area contributed by atoms with Crippen molar-refractivity contribution in [2.45, 2.75) is 0 Å². The first-order valence-electron chi connectivity index (χ1n) is 10.5. The molecule has 2 aliphatic heterocycles. The van der Waals surface area contributed by atoms with Crippen molar-refractivity contribution in [2.24, 2.45) is 5.10 Å². The number of halogens is 1.